The molecule has 2 aliphatic rings. The maximum Gasteiger partial charge on any atom is 0.495 e. The van der Waals surface area contributed by atoms with Crippen LogP contribution < -0.4 is 10.4 Å². The van der Waals surface area contributed by atoms with Gasteiger partial charge in [-0.05, 0) is 83.6 Å². The minimum atomic E-state index is -0.516. The lowest BCUT2D eigenvalue weighted by Gasteiger charge is -2.38. The maximum atomic E-state index is 12.5. The molecule has 1 aromatic carbocycles. The molecule has 2 fully saturated rings. The third-order valence-corrected chi connectivity index (χ3v) is 6.58. The number of carbonyl (C=O) groups excluding carboxylic acids is 1. The molecule has 0 aromatic heterocycles. The van der Waals surface area contributed by atoms with Crippen molar-refractivity contribution in [2.45, 2.75) is 78.7 Å². The number of amides is 1. The number of hydrogen-bond acceptors (Lipinski definition) is 6. The molecule has 0 unspecified atom stereocenters. The van der Waals surface area contributed by atoms with E-state index in [1.807, 2.05) is 54.5 Å². The van der Waals surface area contributed by atoms with Gasteiger partial charge in [-0.25, -0.2) is 4.79 Å². The molecule has 0 saturated carbocycles. The van der Waals surface area contributed by atoms with Gasteiger partial charge >= 0.3 is 13.2 Å². The van der Waals surface area contributed by atoms with E-state index in [4.69, 9.17) is 19.6 Å². The van der Waals surface area contributed by atoms with E-state index in [0.717, 1.165) is 22.3 Å². The zero-order chi connectivity index (χ0) is 24.6. The number of anilines is 1. The molecule has 0 spiro atoms. The molecular formula is C23H36BN5O4. The minimum Gasteiger partial charge on any atom is -0.444 e. The number of ether oxygens (including phenoxy) is 1. The molecule has 9 nitrogen and oxygen atoms in total. The number of nitrogens with zero attached hydrogens (tertiary/aromatic N) is 5. The van der Waals surface area contributed by atoms with Gasteiger partial charge in [0.2, 0.25) is 0 Å². The van der Waals surface area contributed by atoms with Gasteiger partial charge in [0.05, 0.1) is 17.7 Å². The Morgan fingerprint density at radius 1 is 1.15 bits per heavy atom. The van der Waals surface area contributed by atoms with E-state index in [9.17, 15) is 4.79 Å². The number of hydrogen-bond donors (Lipinski definition) is 0. The van der Waals surface area contributed by atoms with Gasteiger partial charge in [0.15, 0.2) is 0 Å². The zero-order valence-corrected chi connectivity index (χ0v) is 21.1. The standard InChI is InChI=1S/C23H36BN5O4/c1-16-18(24-32-22(5,6)23(7,8)33-24)13-17(15-26-27-25)14-19(16)28-9-11-29(12-10-28)20(30)31-21(2,3)4/h13-14H,9-12,15H2,1-8H3. The van der Waals surface area contributed by atoms with Crippen molar-refractivity contribution in [3.63, 3.8) is 0 Å². The van der Waals surface area contributed by atoms with Crippen LogP contribution in [0, 0.1) is 6.92 Å². The molecule has 0 bridgehead atoms. The van der Waals surface area contributed by atoms with E-state index in [1.165, 1.54) is 0 Å². The first kappa shape index (κ1) is 25.2. The summed E-state index contributed by atoms with van der Waals surface area (Å²) in [5.41, 5.74) is 11.3. The van der Waals surface area contributed by atoms with E-state index < -0.39 is 23.9 Å². The van der Waals surface area contributed by atoms with Crippen LogP contribution in [0.4, 0.5) is 10.5 Å². The Labute approximate surface area is 197 Å². The highest BCUT2D eigenvalue weighted by Gasteiger charge is 2.52. The van der Waals surface area contributed by atoms with Crippen LogP contribution in [-0.4, -0.2) is 61.1 Å². The predicted octanol–water partition coefficient (Wildman–Crippen LogP) is 4.16. The third-order valence-electron chi connectivity index (χ3n) is 6.58. The van der Waals surface area contributed by atoms with Crippen molar-refractivity contribution in [1.82, 2.24) is 4.90 Å². The fourth-order valence-electron chi connectivity index (χ4n) is 3.99. The number of carbonyl (C=O) groups is 1. The van der Waals surface area contributed by atoms with E-state index in [1.54, 1.807) is 4.90 Å². The summed E-state index contributed by atoms with van der Waals surface area (Å²) < 4.78 is 18.1. The third kappa shape index (κ3) is 5.57. The van der Waals surface area contributed by atoms with Crippen LogP contribution in [0.2, 0.25) is 0 Å². The van der Waals surface area contributed by atoms with Crippen LogP contribution in [0.5, 0.6) is 0 Å². The summed E-state index contributed by atoms with van der Waals surface area (Å²) in [5, 5.41) is 3.76. The molecule has 2 aliphatic heterocycles. The molecule has 3 rings (SSSR count). The van der Waals surface area contributed by atoms with Crippen molar-refractivity contribution < 1.29 is 18.8 Å². The molecule has 180 valence electrons. The van der Waals surface area contributed by atoms with Gasteiger partial charge < -0.3 is 23.8 Å². The molecule has 1 aromatic rings. The van der Waals surface area contributed by atoms with Crippen LogP contribution in [0.15, 0.2) is 17.2 Å². The second-order valence-electron chi connectivity index (χ2n) is 10.8. The minimum absolute atomic E-state index is 0.244. The largest absolute Gasteiger partial charge is 0.495 e. The molecule has 2 saturated heterocycles. The Hall–Kier alpha value is -2.42. The zero-order valence-electron chi connectivity index (χ0n) is 21.1. The SMILES string of the molecule is Cc1c(B2OC(C)(C)C(C)(C)O2)cc(CN=[N+]=[N-])cc1N1CCN(C(=O)OC(C)(C)C)CC1. The first-order chi connectivity index (χ1) is 15.2. The summed E-state index contributed by atoms with van der Waals surface area (Å²) in [5.74, 6) is 0. The van der Waals surface area contributed by atoms with Crippen molar-refractivity contribution in [3.05, 3.63) is 33.7 Å². The molecule has 1 amide bonds. The van der Waals surface area contributed by atoms with Gasteiger partial charge in [-0.2, -0.15) is 0 Å². The van der Waals surface area contributed by atoms with Crippen molar-refractivity contribution >= 4 is 24.4 Å². The number of azide groups is 1. The maximum absolute atomic E-state index is 12.5. The van der Waals surface area contributed by atoms with Gasteiger partial charge in [0, 0.05) is 36.8 Å². The quantitative estimate of drug-likeness (QED) is 0.293. The van der Waals surface area contributed by atoms with Gasteiger partial charge in [-0.1, -0.05) is 11.2 Å². The molecule has 2 heterocycles. The van der Waals surface area contributed by atoms with Gasteiger partial charge in [0.1, 0.15) is 5.60 Å². The monoisotopic (exact) mass is 457 g/mol. The second-order valence-corrected chi connectivity index (χ2v) is 10.8. The topological polar surface area (TPSA) is 100 Å². The summed E-state index contributed by atoms with van der Waals surface area (Å²) in [6.45, 7) is 18.5. The summed E-state index contributed by atoms with van der Waals surface area (Å²) in [6, 6.07) is 4.06. The first-order valence-corrected chi connectivity index (χ1v) is 11.5. The lowest BCUT2D eigenvalue weighted by atomic mass is 9.74. The summed E-state index contributed by atoms with van der Waals surface area (Å²) in [4.78, 5) is 19.4. The van der Waals surface area contributed by atoms with Crippen LogP contribution in [-0.2, 0) is 20.6 Å². The van der Waals surface area contributed by atoms with Crippen LogP contribution >= 0.6 is 0 Å². The number of rotatable bonds is 4. The summed E-state index contributed by atoms with van der Waals surface area (Å²) in [7, 11) is -0.511. The smallest absolute Gasteiger partial charge is 0.444 e. The fourth-order valence-corrected chi connectivity index (χ4v) is 3.99. The highest BCUT2D eigenvalue weighted by molar-refractivity contribution is 6.62. The average Bonchev–Trinajstić information content (AvgIpc) is 2.93. The predicted molar refractivity (Wildman–Crippen MR) is 130 cm³/mol. The van der Waals surface area contributed by atoms with Gasteiger partial charge in [-0.15, -0.1) is 0 Å². The van der Waals surface area contributed by atoms with E-state index in [-0.39, 0.29) is 12.6 Å². The second kappa shape index (κ2) is 9.08. The lowest BCUT2D eigenvalue weighted by molar-refractivity contribution is 0.00578. The molecule has 0 aliphatic carbocycles. The molecule has 10 heteroatoms. The number of benzene rings is 1. The van der Waals surface area contributed by atoms with Crippen molar-refractivity contribution in [1.29, 1.82) is 0 Å². The Morgan fingerprint density at radius 3 is 2.24 bits per heavy atom. The molecule has 0 N–H and O–H groups in total. The fraction of sp³-hybridized carbons (Fsp3) is 0.696. The van der Waals surface area contributed by atoms with Gasteiger partial charge in [-0.3, -0.25) is 0 Å². The Kier molecular flexibility index (Phi) is 6.94. The summed E-state index contributed by atoms with van der Waals surface area (Å²) in [6.07, 6.45) is -0.283. The van der Waals surface area contributed by atoms with Crippen LogP contribution in [0.1, 0.15) is 59.6 Å². The highest BCUT2D eigenvalue weighted by atomic mass is 16.7. The number of piperazine rings is 1. The van der Waals surface area contributed by atoms with Crippen LogP contribution in [0.25, 0.3) is 10.4 Å². The Balaban J connectivity index is 1.86. The molecule has 0 atom stereocenters. The van der Waals surface area contributed by atoms with Crippen molar-refractivity contribution in [2.24, 2.45) is 5.11 Å². The van der Waals surface area contributed by atoms with Crippen molar-refractivity contribution in [2.75, 3.05) is 31.1 Å². The molecule has 0 radical (unpaired) electrons. The summed E-state index contributed by atoms with van der Waals surface area (Å²) >= 11 is 0. The Morgan fingerprint density at radius 2 is 1.73 bits per heavy atom. The van der Waals surface area contributed by atoms with E-state index in [0.29, 0.717) is 26.2 Å². The van der Waals surface area contributed by atoms with Crippen LogP contribution in [0.3, 0.4) is 0 Å². The lowest BCUT2D eigenvalue weighted by Crippen LogP contribution is -2.50. The van der Waals surface area contributed by atoms with E-state index in [2.05, 4.69) is 27.9 Å². The van der Waals surface area contributed by atoms with E-state index >= 15 is 0 Å². The Bertz CT molecular complexity index is 929. The molecule has 33 heavy (non-hydrogen) atoms. The first-order valence-electron chi connectivity index (χ1n) is 11.5. The van der Waals surface area contributed by atoms with Crippen molar-refractivity contribution in [3.8, 4) is 0 Å². The average molecular weight is 457 g/mol. The molecular weight excluding hydrogens is 421 g/mol. The van der Waals surface area contributed by atoms with Gasteiger partial charge in [0.25, 0.3) is 0 Å². The highest BCUT2D eigenvalue weighted by Crippen LogP contribution is 2.37. The normalized spacial score (nSPS) is 19.9.